The molecule has 0 aliphatic heterocycles. The van der Waals surface area contributed by atoms with Gasteiger partial charge in [0.1, 0.15) is 5.60 Å². The minimum atomic E-state index is -1.69. The molecule has 0 saturated heterocycles. The third-order valence-electron chi connectivity index (χ3n) is 8.33. The van der Waals surface area contributed by atoms with E-state index in [1.54, 1.807) is 12.2 Å². The number of allylic oxidation sites excluding steroid dienone is 4. The van der Waals surface area contributed by atoms with Crippen molar-refractivity contribution in [3.05, 3.63) is 23.8 Å². The quantitative estimate of drug-likeness (QED) is 0.690. The van der Waals surface area contributed by atoms with Crippen LogP contribution >= 0.6 is 23.2 Å². The molecule has 4 aliphatic carbocycles. The van der Waals surface area contributed by atoms with E-state index in [0.717, 1.165) is 18.4 Å². The number of aliphatic hydroxyl groups is 1. The summed E-state index contributed by atoms with van der Waals surface area (Å²) in [5.74, 6) is -0.822. The van der Waals surface area contributed by atoms with Crippen LogP contribution in [-0.4, -0.2) is 39.2 Å². The van der Waals surface area contributed by atoms with Crippen LogP contribution in [0.5, 0.6) is 0 Å². The summed E-state index contributed by atoms with van der Waals surface area (Å²) >= 11 is 14.3. The number of ketones is 2. The second kappa shape index (κ2) is 5.90. The van der Waals surface area contributed by atoms with Crippen LogP contribution in [0.3, 0.4) is 0 Å². The van der Waals surface area contributed by atoms with Gasteiger partial charge in [0.15, 0.2) is 18.2 Å². The molecule has 7 atom stereocenters. The Balaban J connectivity index is 1.81. The summed E-state index contributed by atoms with van der Waals surface area (Å²) in [7, 11) is 0. The highest BCUT2D eigenvalue weighted by Gasteiger charge is 2.72. The first-order chi connectivity index (χ1) is 12.5. The topological polar surface area (TPSA) is 54.4 Å². The Labute approximate surface area is 169 Å². The number of Topliss-reactive ketones (excluding diaryl/α,β-unsaturated/α-hetero) is 1. The van der Waals surface area contributed by atoms with Crippen molar-refractivity contribution in [3.8, 4) is 0 Å². The fraction of sp³-hybridized carbons (Fsp3) is 0.714. The predicted octanol–water partition coefficient (Wildman–Crippen LogP) is 4.14. The van der Waals surface area contributed by atoms with Crippen molar-refractivity contribution in [2.24, 2.45) is 22.7 Å². The maximum absolute atomic E-state index is 13.2. The van der Waals surface area contributed by atoms with Gasteiger partial charge in [-0.15, -0.1) is 23.2 Å². The van der Waals surface area contributed by atoms with Crippen molar-refractivity contribution in [2.45, 2.75) is 61.8 Å². The molecule has 0 aromatic rings. The largest absolute Gasteiger partial charge is 0.381 e. The molecule has 3 nitrogen and oxygen atoms in total. The maximum atomic E-state index is 13.2. The summed E-state index contributed by atoms with van der Waals surface area (Å²) in [5, 5.41) is 10.7. The Hall–Kier alpha value is -0.710. The third-order valence-corrected chi connectivity index (χ3v) is 9.88. The lowest BCUT2D eigenvalue weighted by atomic mass is 9.46. The van der Waals surface area contributed by atoms with Crippen molar-refractivity contribution >= 4 is 34.8 Å². The van der Waals surface area contributed by atoms with Gasteiger partial charge in [0, 0.05) is 10.8 Å². The van der Waals surface area contributed by atoms with Crippen molar-refractivity contribution in [1.29, 1.82) is 0 Å². The highest BCUT2D eigenvalue weighted by atomic mass is 35.5. The van der Waals surface area contributed by atoms with Crippen molar-refractivity contribution in [3.63, 3.8) is 0 Å². The average Bonchev–Trinajstić information content (AvgIpc) is 2.88. The number of fused-ring (bicyclic) bond motifs is 5. The number of alkyl halides is 3. The highest BCUT2D eigenvalue weighted by molar-refractivity contribution is 6.34. The standard InChI is InChI=1S/C21H25Cl2FO3/c1-18-7-5-13(25)9-12(18)3-4-15-14-6-8-20(27,17(26)11-24)19(14,2)10-16(22)21(15,18)23/h5,7,9,14-16,27H,3-4,6,8,10-11H2,1-2H3/t14-,15-,16?,18-,19-,20-,21-/m0/s1. The van der Waals surface area contributed by atoms with E-state index in [9.17, 15) is 19.1 Å². The monoisotopic (exact) mass is 414 g/mol. The van der Waals surface area contributed by atoms with Gasteiger partial charge in [-0.3, -0.25) is 9.59 Å². The molecule has 4 rings (SSSR count). The SMILES string of the molecule is C[C@]12C=CC(=O)C=C1CC[C@H]1[C@@H]3CC[C@](O)(C(=O)CF)[C@@]3(C)CC(Cl)[C@@]12Cl. The molecule has 3 fully saturated rings. The summed E-state index contributed by atoms with van der Waals surface area (Å²) in [5.41, 5.74) is -2.03. The summed E-state index contributed by atoms with van der Waals surface area (Å²) in [6.07, 6.45) is 7.81. The molecule has 0 spiro atoms. The van der Waals surface area contributed by atoms with E-state index in [-0.39, 0.29) is 24.0 Å². The summed E-state index contributed by atoms with van der Waals surface area (Å²) in [6, 6.07) is 0. The fourth-order valence-electron chi connectivity index (χ4n) is 6.72. The van der Waals surface area contributed by atoms with Gasteiger partial charge >= 0.3 is 0 Å². The van der Waals surface area contributed by atoms with E-state index in [0.29, 0.717) is 12.8 Å². The van der Waals surface area contributed by atoms with Gasteiger partial charge in [-0.1, -0.05) is 25.5 Å². The molecule has 0 amide bonds. The van der Waals surface area contributed by atoms with Gasteiger partial charge in [0.25, 0.3) is 0 Å². The van der Waals surface area contributed by atoms with Crippen LogP contribution in [0.15, 0.2) is 23.8 Å². The number of carbonyl (C=O) groups is 2. The molecule has 148 valence electrons. The second-order valence-electron chi connectivity index (χ2n) is 9.17. The van der Waals surface area contributed by atoms with E-state index < -0.39 is 39.1 Å². The predicted molar refractivity (Wildman–Crippen MR) is 103 cm³/mol. The maximum Gasteiger partial charge on any atom is 0.195 e. The zero-order valence-corrected chi connectivity index (χ0v) is 17.1. The molecular weight excluding hydrogens is 390 g/mol. The molecule has 27 heavy (non-hydrogen) atoms. The number of hydrogen-bond acceptors (Lipinski definition) is 3. The first kappa shape index (κ1) is 19.6. The molecule has 0 aromatic heterocycles. The van der Waals surface area contributed by atoms with Crippen LogP contribution in [0.25, 0.3) is 0 Å². The Kier molecular flexibility index (Phi) is 4.28. The van der Waals surface area contributed by atoms with Crippen LogP contribution in [0.2, 0.25) is 0 Å². The Morgan fingerprint density at radius 3 is 2.70 bits per heavy atom. The zero-order chi connectivity index (χ0) is 19.8. The van der Waals surface area contributed by atoms with Crippen LogP contribution in [0, 0.1) is 22.7 Å². The fourth-order valence-corrected chi connectivity index (χ4v) is 7.95. The van der Waals surface area contributed by atoms with Crippen molar-refractivity contribution in [1.82, 2.24) is 0 Å². The smallest absolute Gasteiger partial charge is 0.195 e. The lowest BCUT2D eigenvalue weighted by Gasteiger charge is -2.63. The van der Waals surface area contributed by atoms with E-state index >= 15 is 0 Å². The van der Waals surface area contributed by atoms with Gasteiger partial charge in [-0.2, -0.15) is 0 Å². The number of rotatable bonds is 2. The van der Waals surface area contributed by atoms with Crippen molar-refractivity contribution in [2.75, 3.05) is 6.67 Å². The molecule has 6 heteroatoms. The third kappa shape index (κ3) is 2.18. The molecule has 0 radical (unpaired) electrons. The number of carbonyl (C=O) groups excluding carboxylic acids is 2. The first-order valence-corrected chi connectivity index (χ1v) is 10.4. The van der Waals surface area contributed by atoms with Crippen LogP contribution in [-0.2, 0) is 9.59 Å². The minimum Gasteiger partial charge on any atom is -0.381 e. The van der Waals surface area contributed by atoms with Crippen LogP contribution in [0.4, 0.5) is 4.39 Å². The minimum absolute atomic E-state index is 0.0186. The summed E-state index contributed by atoms with van der Waals surface area (Å²) < 4.78 is 13.2. The van der Waals surface area contributed by atoms with Crippen LogP contribution < -0.4 is 0 Å². The first-order valence-electron chi connectivity index (χ1n) is 9.63. The molecule has 0 bridgehead atoms. The van der Waals surface area contributed by atoms with E-state index in [1.165, 1.54) is 0 Å². The van der Waals surface area contributed by atoms with Gasteiger partial charge in [-0.25, -0.2) is 4.39 Å². The highest BCUT2D eigenvalue weighted by Crippen LogP contribution is 2.71. The number of halogens is 3. The lowest BCUT2D eigenvalue weighted by molar-refractivity contribution is -0.159. The molecule has 4 aliphatic rings. The Bertz CT molecular complexity index is 779. The molecule has 0 aromatic carbocycles. The molecule has 1 N–H and O–H groups in total. The number of hydrogen-bond donors (Lipinski definition) is 1. The normalized spacial score (nSPS) is 51.3. The van der Waals surface area contributed by atoms with Crippen molar-refractivity contribution < 1.29 is 19.1 Å². The summed E-state index contributed by atoms with van der Waals surface area (Å²) in [4.78, 5) is 23.4. The Morgan fingerprint density at radius 2 is 2.04 bits per heavy atom. The van der Waals surface area contributed by atoms with Gasteiger partial charge in [0.2, 0.25) is 0 Å². The summed E-state index contributed by atoms with van der Waals surface area (Å²) in [6.45, 7) is 2.74. The molecular formula is C21H25Cl2FO3. The van der Waals surface area contributed by atoms with Gasteiger partial charge in [0.05, 0.1) is 10.3 Å². The molecule has 1 unspecified atom stereocenters. The Morgan fingerprint density at radius 1 is 1.33 bits per heavy atom. The van der Waals surface area contributed by atoms with Gasteiger partial charge < -0.3 is 5.11 Å². The lowest BCUT2D eigenvalue weighted by Crippen LogP contribution is -2.67. The van der Waals surface area contributed by atoms with E-state index in [2.05, 4.69) is 0 Å². The second-order valence-corrected chi connectivity index (χ2v) is 10.3. The molecule has 3 saturated carbocycles. The van der Waals surface area contributed by atoms with Crippen LogP contribution in [0.1, 0.15) is 46.0 Å². The average molecular weight is 415 g/mol. The van der Waals surface area contributed by atoms with Gasteiger partial charge in [-0.05, 0) is 56.1 Å². The van der Waals surface area contributed by atoms with E-state index in [4.69, 9.17) is 23.2 Å². The molecule has 0 heterocycles. The zero-order valence-electron chi connectivity index (χ0n) is 15.6. The van der Waals surface area contributed by atoms with E-state index in [1.807, 2.05) is 19.9 Å².